The highest BCUT2D eigenvalue weighted by Gasteiger charge is 2.31. The summed E-state index contributed by atoms with van der Waals surface area (Å²) in [5.41, 5.74) is 1.92. The number of methoxy groups -OCH3 is 1. The van der Waals surface area contributed by atoms with Crippen molar-refractivity contribution in [1.29, 1.82) is 0 Å². The smallest absolute Gasteiger partial charge is 0.251 e. The Morgan fingerprint density at radius 2 is 1.97 bits per heavy atom. The molecule has 206 valence electrons. The number of carbonyl (C=O) groups excluding carboxylic acids is 2. The number of fused-ring (bicyclic) bond motifs is 1. The summed E-state index contributed by atoms with van der Waals surface area (Å²) >= 11 is 0. The maximum Gasteiger partial charge on any atom is 0.251 e. The summed E-state index contributed by atoms with van der Waals surface area (Å²) in [5, 5.41) is 6.26. The van der Waals surface area contributed by atoms with Crippen molar-refractivity contribution in [3.05, 3.63) is 30.0 Å². The molecule has 0 atom stereocenters. The number of hydrogen-bond donors (Lipinski definition) is 2. The Morgan fingerprint density at radius 3 is 2.68 bits per heavy atom. The van der Waals surface area contributed by atoms with Gasteiger partial charge in [-0.1, -0.05) is 26.7 Å². The van der Waals surface area contributed by atoms with Crippen molar-refractivity contribution in [3.63, 3.8) is 0 Å². The quantitative estimate of drug-likeness (QED) is 0.429. The van der Waals surface area contributed by atoms with Gasteiger partial charge in [-0.25, -0.2) is 4.98 Å². The zero-order valence-electron chi connectivity index (χ0n) is 23.1. The summed E-state index contributed by atoms with van der Waals surface area (Å²) in [6, 6.07) is 5.69. The SMILES string of the molecule is CCN(CC)CCCNC(=O)c1ccc(Nc2ncc3c(n2)N(C2CCCC2)CCC(=O)N3C)c(OC)c1. The minimum absolute atomic E-state index is 0.0691. The normalized spacial score (nSPS) is 16.0. The lowest BCUT2D eigenvalue weighted by Gasteiger charge is -2.30. The maximum atomic E-state index is 12.7. The van der Waals surface area contributed by atoms with Gasteiger partial charge in [0.1, 0.15) is 11.4 Å². The number of ether oxygens (including phenoxy) is 1. The Bertz CT molecular complexity index is 1120. The molecule has 0 radical (unpaired) electrons. The van der Waals surface area contributed by atoms with Crippen molar-refractivity contribution in [1.82, 2.24) is 20.2 Å². The third-order valence-electron chi connectivity index (χ3n) is 7.63. The third kappa shape index (κ3) is 6.35. The lowest BCUT2D eigenvalue weighted by atomic mass is 10.1. The van der Waals surface area contributed by atoms with Gasteiger partial charge in [0.15, 0.2) is 5.82 Å². The molecule has 1 aliphatic carbocycles. The fourth-order valence-corrected chi connectivity index (χ4v) is 5.27. The van der Waals surface area contributed by atoms with E-state index >= 15 is 0 Å². The van der Waals surface area contributed by atoms with Gasteiger partial charge in [0.25, 0.3) is 5.91 Å². The molecule has 0 saturated heterocycles. The maximum absolute atomic E-state index is 12.7. The topological polar surface area (TPSA) is 103 Å². The van der Waals surface area contributed by atoms with Gasteiger partial charge in [-0.2, -0.15) is 4.98 Å². The van der Waals surface area contributed by atoms with Gasteiger partial charge in [-0.15, -0.1) is 0 Å². The molecule has 4 rings (SSSR count). The van der Waals surface area contributed by atoms with Crippen molar-refractivity contribution in [2.75, 3.05) is 62.0 Å². The van der Waals surface area contributed by atoms with Crippen LogP contribution in [0.4, 0.5) is 23.1 Å². The molecular weight excluding hydrogens is 482 g/mol. The largest absolute Gasteiger partial charge is 0.495 e. The summed E-state index contributed by atoms with van der Waals surface area (Å²) in [6.07, 6.45) is 7.68. The second-order valence-electron chi connectivity index (χ2n) is 9.91. The molecule has 1 aromatic heterocycles. The number of carbonyl (C=O) groups is 2. The Hall–Kier alpha value is -3.40. The zero-order chi connectivity index (χ0) is 27.1. The van der Waals surface area contributed by atoms with Crippen molar-refractivity contribution in [2.45, 2.75) is 58.4 Å². The van der Waals surface area contributed by atoms with E-state index in [1.54, 1.807) is 37.4 Å². The molecule has 1 fully saturated rings. The predicted molar refractivity (Wildman–Crippen MR) is 151 cm³/mol. The number of rotatable bonds is 11. The zero-order valence-corrected chi connectivity index (χ0v) is 23.1. The van der Waals surface area contributed by atoms with E-state index in [0.717, 1.165) is 50.4 Å². The van der Waals surface area contributed by atoms with Gasteiger partial charge in [-0.05, 0) is 57.1 Å². The summed E-state index contributed by atoms with van der Waals surface area (Å²) in [4.78, 5) is 41.0. The second-order valence-corrected chi connectivity index (χ2v) is 9.91. The van der Waals surface area contributed by atoms with Crippen LogP contribution in [-0.2, 0) is 4.79 Å². The van der Waals surface area contributed by atoms with Crippen LogP contribution >= 0.6 is 0 Å². The van der Waals surface area contributed by atoms with Gasteiger partial charge in [0, 0.05) is 38.2 Å². The van der Waals surface area contributed by atoms with E-state index in [1.807, 2.05) is 6.07 Å². The Kier molecular flexibility index (Phi) is 9.38. The highest BCUT2D eigenvalue weighted by Crippen LogP contribution is 2.37. The molecule has 1 saturated carbocycles. The van der Waals surface area contributed by atoms with Crippen molar-refractivity contribution >= 4 is 35.0 Å². The van der Waals surface area contributed by atoms with E-state index in [0.29, 0.717) is 48.5 Å². The molecule has 0 unspecified atom stereocenters. The van der Waals surface area contributed by atoms with Crippen LogP contribution in [0.1, 0.15) is 62.7 Å². The van der Waals surface area contributed by atoms with Gasteiger partial charge in [0.2, 0.25) is 11.9 Å². The van der Waals surface area contributed by atoms with E-state index in [1.165, 1.54) is 12.8 Å². The summed E-state index contributed by atoms with van der Waals surface area (Å²) in [6.45, 7) is 8.54. The van der Waals surface area contributed by atoms with Crippen LogP contribution in [0.2, 0.25) is 0 Å². The van der Waals surface area contributed by atoms with E-state index in [9.17, 15) is 9.59 Å². The highest BCUT2D eigenvalue weighted by molar-refractivity contribution is 5.97. The summed E-state index contributed by atoms with van der Waals surface area (Å²) < 4.78 is 5.59. The first-order chi connectivity index (χ1) is 18.4. The Labute approximate surface area is 225 Å². The van der Waals surface area contributed by atoms with Gasteiger partial charge >= 0.3 is 0 Å². The lowest BCUT2D eigenvalue weighted by Crippen LogP contribution is -2.34. The van der Waals surface area contributed by atoms with Crippen molar-refractivity contribution in [3.8, 4) is 5.75 Å². The first kappa shape index (κ1) is 27.6. The van der Waals surface area contributed by atoms with Crippen LogP contribution in [0.15, 0.2) is 24.4 Å². The van der Waals surface area contributed by atoms with E-state index < -0.39 is 0 Å². The monoisotopic (exact) mass is 523 g/mol. The van der Waals surface area contributed by atoms with Crippen LogP contribution in [0.25, 0.3) is 0 Å². The minimum atomic E-state index is -0.129. The predicted octanol–water partition coefficient (Wildman–Crippen LogP) is 3.81. The molecule has 2 heterocycles. The van der Waals surface area contributed by atoms with E-state index in [-0.39, 0.29) is 11.8 Å². The van der Waals surface area contributed by atoms with Gasteiger partial charge in [0.05, 0.1) is 19.0 Å². The molecular formula is C28H41N7O3. The first-order valence-electron chi connectivity index (χ1n) is 13.8. The molecule has 1 aliphatic heterocycles. The highest BCUT2D eigenvalue weighted by atomic mass is 16.5. The molecule has 10 heteroatoms. The molecule has 0 bridgehead atoms. The van der Waals surface area contributed by atoms with Crippen molar-refractivity contribution in [2.24, 2.45) is 0 Å². The van der Waals surface area contributed by atoms with Crippen LogP contribution in [0.3, 0.4) is 0 Å². The number of nitrogens with one attached hydrogen (secondary N) is 2. The minimum Gasteiger partial charge on any atom is -0.495 e. The van der Waals surface area contributed by atoms with Crippen LogP contribution in [0, 0.1) is 0 Å². The first-order valence-corrected chi connectivity index (χ1v) is 13.8. The summed E-state index contributed by atoms with van der Waals surface area (Å²) in [7, 11) is 3.36. The van der Waals surface area contributed by atoms with E-state index in [4.69, 9.17) is 9.72 Å². The number of hydrogen-bond acceptors (Lipinski definition) is 8. The molecule has 2 amide bonds. The average Bonchev–Trinajstić information content (AvgIpc) is 3.44. The third-order valence-corrected chi connectivity index (χ3v) is 7.63. The number of anilines is 4. The fraction of sp³-hybridized carbons (Fsp3) is 0.571. The van der Waals surface area contributed by atoms with Gasteiger partial charge < -0.3 is 30.1 Å². The average molecular weight is 524 g/mol. The summed E-state index contributed by atoms with van der Waals surface area (Å²) in [5.74, 6) is 1.67. The second kappa shape index (κ2) is 12.9. The lowest BCUT2D eigenvalue weighted by molar-refractivity contribution is -0.118. The van der Waals surface area contributed by atoms with Crippen LogP contribution in [0.5, 0.6) is 5.75 Å². The van der Waals surface area contributed by atoms with Crippen LogP contribution < -0.4 is 25.2 Å². The van der Waals surface area contributed by atoms with Crippen LogP contribution in [-0.4, -0.2) is 79.6 Å². The molecule has 1 aromatic carbocycles. The molecule has 0 spiro atoms. The molecule has 2 aliphatic rings. The molecule has 2 N–H and O–H groups in total. The fourth-order valence-electron chi connectivity index (χ4n) is 5.27. The standard InChI is InChI=1S/C28H41N7O3/c1-5-34(6-2)16-9-15-29-27(37)20-12-13-22(24(18-20)38-4)31-28-30-19-23-26(32-28)35(21-10-7-8-11-21)17-14-25(36)33(23)3/h12-13,18-19,21H,5-11,14-17H2,1-4H3,(H,29,37)(H,30,31,32). The number of nitrogens with zero attached hydrogens (tertiary/aromatic N) is 5. The number of benzene rings is 1. The molecule has 10 nitrogen and oxygen atoms in total. The van der Waals surface area contributed by atoms with E-state index in [2.05, 4.69) is 39.3 Å². The van der Waals surface area contributed by atoms with Crippen molar-refractivity contribution < 1.29 is 14.3 Å². The molecule has 38 heavy (non-hydrogen) atoms. The number of aromatic nitrogens is 2. The number of amides is 2. The van der Waals surface area contributed by atoms with Gasteiger partial charge in [-0.3, -0.25) is 9.59 Å². The Morgan fingerprint density at radius 1 is 1.21 bits per heavy atom. The molecule has 2 aromatic rings. The Balaban J connectivity index is 1.48.